The molecule has 1 heterocycles. The van der Waals surface area contributed by atoms with Gasteiger partial charge >= 0.3 is 0 Å². The molecule has 0 unspecified atom stereocenters. The molecule has 5 nitrogen and oxygen atoms in total. The van der Waals surface area contributed by atoms with Crippen molar-refractivity contribution >= 4 is 11.7 Å². The first kappa shape index (κ1) is 18.7. The highest BCUT2D eigenvalue weighted by Gasteiger charge is 2.20. The van der Waals surface area contributed by atoms with Crippen LogP contribution < -0.4 is 5.32 Å². The van der Waals surface area contributed by atoms with E-state index in [0.29, 0.717) is 30.8 Å². The van der Waals surface area contributed by atoms with Gasteiger partial charge in [0.2, 0.25) is 5.91 Å². The number of carbonyl (C=O) groups excluding carboxylic acids is 1. The van der Waals surface area contributed by atoms with Crippen molar-refractivity contribution in [2.24, 2.45) is 0 Å². The minimum Gasteiger partial charge on any atom is -0.359 e. The quantitative estimate of drug-likeness (QED) is 0.792. The summed E-state index contributed by atoms with van der Waals surface area (Å²) < 4.78 is 18.7. The topological polar surface area (TPSA) is 78.9 Å². The molecule has 0 aliphatic rings. The van der Waals surface area contributed by atoms with Gasteiger partial charge in [0, 0.05) is 17.9 Å². The highest BCUT2D eigenvalue weighted by atomic mass is 19.1. The molecule has 6 heteroatoms. The zero-order valence-corrected chi connectivity index (χ0v) is 14.7. The molecule has 1 amide bonds. The van der Waals surface area contributed by atoms with E-state index in [4.69, 9.17) is 9.78 Å². The number of hydrogen-bond acceptors (Lipinski definition) is 4. The smallest absolute Gasteiger partial charge is 0.225 e. The van der Waals surface area contributed by atoms with Gasteiger partial charge in [-0.2, -0.15) is 5.26 Å². The summed E-state index contributed by atoms with van der Waals surface area (Å²) in [7, 11) is 0. The molecule has 0 bridgehead atoms. The lowest BCUT2D eigenvalue weighted by atomic mass is 9.93. The summed E-state index contributed by atoms with van der Waals surface area (Å²) >= 11 is 0. The minimum atomic E-state index is -0.501. The standard InChI is InChI=1S/C19H22FN3O2/c1-19(2,3)16-11-17(23-25-16)22-18(24)7-5-4-6-13-8-9-14(12-21)15(20)10-13/h8-11H,4-7H2,1-3H3,(H,22,23,24). The Labute approximate surface area is 146 Å². The zero-order valence-electron chi connectivity index (χ0n) is 14.7. The molecule has 0 radical (unpaired) electrons. The summed E-state index contributed by atoms with van der Waals surface area (Å²) in [6, 6.07) is 8.13. The molecule has 0 atom stereocenters. The maximum atomic E-state index is 13.5. The normalized spacial score (nSPS) is 11.2. The van der Waals surface area contributed by atoms with Crippen LogP contribution in [0.25, 0.3) is 0 Å². The molecule has 2 rings (SSSR count). The van der Waals surface area contributed by atoms with Crippen molar-refractivity contribution in [3.8, 4) is 6.07 Å². The molecule has 0 spiro atoms. The molecular weight excluding hydrogens is 321 g/mol. The van der Waals surface area contributed by atoms with Crippen LogP contribution in [0.5, 0.6) is 0 Å². The van der Waals surface area contributed by atoms with Crippen molar-refractivity contribution < 1.29 is 13.7 Å². The van der Waals surface area contributed by atoms with E-state index < -0.39 is 5.82 Å². The molecule has 1 aromatic carbocycles. The first-order chi connectivity index (χ1) is 11.8. The number of nitrogens with one attached hydrogen (secondary N) is 1. The Kier molecular flexibility index (Phi) is 5.92. The predicted octanol–water partition coefficient (Wildman–Crippen LogP) is 4.33. The van der Waals surface area contributed by atoms with Gasteiger partial charge < -0.3 is 9.84 Å². The van der Waals surface area contributed by atoms with E-state index in [1.807, 2.05) is 20.8 Å². The van der Waals surface area contributed by atoms with Crippen LogP contribution in [-0.2, 0) is 16.6 Å². The lowest BCUT2D eigenvalue weighted by Gasteiger charge is -2.12. The number of nitrogens with zero attached hydrogens (tertiary/aromatic N) is 2. The van der Waals surface area contributed by atoms with E-state index in [0.717, 1.165) is 12.0 Å². The molecule has 0 aliphatic carbocycles. The maximum absolute atomic E-state index is 13.5. The number of benzene rings is 1. The largest absolute Gasteiger partial charge is 0.359 e. The summed E-state index contributed by atoms with van der Waals surface area (Å²) in [5.41, 5.74) is 0.709. The van der Waals surface area contributed by atoms with E-state index in [2.05, 4.69) is 10.5 Å². The first-order valence-electron chi connectivity index (χ1n) is 8.25. The number of rotatable bonds is 6. The van der Waals surface area contributed by atoms with Crippen LogP contribution in [-0.4, -0.2) is 11.1 Å². The molecule has 2 aromatic rings. The SMILES string of the molecule is CC(C)(C)c1cc(NC(=O)CCCCc2ccc(C#N)c(F)c2)no1. The van der Waals surface area contributed by atoms with Gasteiger partial charge in [-0.15, -0.1) is 0 Å². The van der Waals surface area contributed by atoms with Crippen molar-refractivity contribution in [3.63, 3.8) is 0 Å². The third-order valence-electron chi connectivity index (χ3n) is 3.79. The Morgan fingerprint density at radius 3 is 2.68 bits per heavy atom. The number of amides is 1. The summed E-state index contributed by atoms with van der Waals surface area (Å²) in [4.78, 5) is 11.9. The van der Waals surface area contributed by atoms with Crippen LogP contribution in [0.1, 0.15) is 56.9 Å². The highest BCUT2D eigenvalue weighted by Crippen LogP contribution is 2.24. The molecule has 0 aliphatic heterocycles. The van der Waals surface area contributed by atoms with Crippen molar-refractivity contribution in [2.75, 3.05) is 5.32 Å². The monoisotopic (exact) mass is 343 g/mol. The molecule has 132 valence electrons. The molecule has 0 saturated carbocycles. The minimum absolute atomic E-state index is 0.0466. The van der Waals surface area contributed by atoms with Crippen LogP contribution in [0.4, 0.5) is 10.2 Å². The van der Waals surface area contributed by atoms with Crippen LogP contribution >= 0.6 is 0 Å². The van der Waals surface area contributed by atoms with Crippen molar-refractivity contribution in [3.05, 3.63) is 47.0 Å². The second-order valence-corrected chi connectivity index (χ2v) is 7.01. The van der Waals surface area contributed by atoms with Crippen LogP contribution in [0.2, 0.25) is 0 Å². The molecule has 1 N–H and O–H groups in total. The summed E-state index contributed by atoms with van der Waals surface area (Å²) in [5.74, 6) is 0.507. The Bertz CT molecular complexity index is 785. The third kappa shape index (κ3) is 5.42. The first-order valence-corrected chi connectivity index (χ1v) is 8.25. The number of unbranched alkanes of at least 4 members (excludes halogenated alkanes) is 1. The molecule has 0 saturated heterocycles. The zero-order chi connectivity index (χ0) is 18.4. The number of halogens is 1. The van der Waals surface area contributed by atoms with E-state index in [-0.39, 0.29) is 16.9 Å². The number of hydrogen-bond donors (Lipinski definition) is 1. The van der Waals surface area contributed by atoms with Gasteiger partial charge in [0.1, 0.15) is 17.6 Å². The van der Waals surface area contributed by atoms with Crippen LogP contribution in [0.15, 0.2) is 28.8 Å². The average Bonchev–Trinajstić information content (AvgIpc) is 3.00. The van der Waals surface area contributed by atoms with Crippen LogP contribution in [0.3, 0.4) is 0 Å². The van der Waals surface area contributed by atoms with Crippen molar-refractivity contribution in [1.29, 1.82) is 5.26 Å². The van der Waals surface area contributed by atoms with Gasteiger partial charge in [-0.1, -0.05) is 32.0 Å². The predicted molar refractivity (Wildman–Crippen MR) is 92.5 cm³/mol. The van der Waals surface area contributed by atoms with Gasteiger partial charge in [-0.25, -0.2) is 4.39 Å². The summed E-state index contributed by atoms with van der Waals surface area (Å²) in [6.07, 6.45) is 2.45. The lowest BCUT2D eigenvalue weighted by molar-refractivity contribution is -0.116. The van der Waals surface area contributed by atoms with Gasteiger partial charge in [-0.05, 0) is 37.0 Å². The Morgan fingerprint density at radius 1 is 1.32 bits per heavy atom. The van der Waals surface area contributed by atoms with Gasteiger partial charge in [0.05, 0.1) is 5.56 Å². The van der Waals surface area contributed by atoms with Gasteiger partial charge in [0.25, 0.3) is 0 Å². The lowest BCUT2D eigenvalue weighted by Crippen LogP contribution is -2.12. The fourth-order valence-corrected chi connectivity index (χ4v) is 2.31. The summed E-state index contributed by atoms with van der Waals surface area (Å²) in [6.45, 7) is 6.02. The van der Waals surface area contributed by atoms with Crippen LogP contribution in [0, 0.1) is 17.1 Å². The molecular formula is C19H22FN3O2. The Hall–Kier alpha value is -2.68. The number of anilines is 1. The van der Waals surface area contributed by atoms with E-state index in [1.54, 1.807) is 18.2 Å². The fourth-order valence-electron chi connectivity index (χ4n) is 2.31. The number of aromatic nitrogens is 1. The molecule has 0 fully saturated rings. The second-order valence-electron chi connectivity index (χ2n) is 7.01. The van der Waals surface area contributed by atoms with Gasteiger partial charge in [0.15, 0.2) is 5.82 Å². The van der Waals surface area contributed by atoms with Crippen molar-refractivity contribution in [2.45, 2.75) is 51.9 Å². The second kappa shape index (κ2) is 7.93. The highest BCUT2D eigenvalue weighted by molar-refractivity contribution is 5.89. The number of nitriles is 1. The molecule has 25 heavy (non-hydrogen) atoms. The maximum Gasteiger partial charge on any atom is 0.225 e. The van der Waals surface area contributed by atoms with E-state index >= 15 is 0 Å². The fraction of sp³-hybridized carbons (Fsp3) is 0.421. The number of aryl methyl sites for hydroxylation is 1. The van der Waals surface area contributed by atoms with Crippen molar-refractivity contribution in [1.82, 2.24) is 5.16 Å². The van der Waals surface area contributed by atoms with E-state index in [1.165, 1.54) is 12.1 Å². The van der Waals surface area contributed by atoms with Gasteiger partial charge in [-0.3, -0.25) is 4.79 Å². The molecule has 1 aromatic heterocycles. The number of carbonyl (C=O) groups is 1. The van der Waals surface area contributed by atoms with E-state index in [9.17, 15) is 9.18 Å². The Morgan fingerprint density at radius 2 is 2.08 bits per heavy atom. The third-order valence-corrected chi connectivity index (χ3v) is 3.79. The Balaban J connectivity index is 1.75. The average molecular weight is 343 g/mol. The summed E-state index contributed by atoms with van der Waals surface area (Å²) in [5, 5.41) is 15.3.